The zero-order chi connectivity index (χ0) is 31.1. The second-order valence-electron chi connectivity index (χ2n) is 9.05. The van der Waals surface area contributed by atoms with Crippen LogP contribution in [0.4, 0.5) is 52.7 Å². The molecule has 0 fully saturated rings. The van der Waals surface area contributed by atoms with Gasteiger partial charge in [-0.15, -0.1) is 0 Å². The molecule has 0 aliphatic heterocycles. The third-order valence-electron chi connectivity index (χ3n) is 6.25. The van der Waals surface area contributed by atoms with E-state index in [9.17, 15) is 52.7 Å². The molecule has 0 bridgehead atoms. The van der Waals surface area contributed by atoms with E-state index in [2.05, 4.69) is 0 Å². The van der Waals surface area contributed by atoms with Gasteiger partial charge in [0.15, 0.2) is 0 Å². The minimum absolute atomic E-state index is 0.373. The number of benzene rings is 4. The summed E-state index contributed by atoms with van der Waals surface area (Å²) in [5, 5.41) is 0. The predicted molar refractivity (Wildman–Crippen MR) is 136 cm³/mol. The third kappa shape index (κ3) is 7.36. The summed E-state index contributed by atoms with van der Waals surface area (Å²) in [4.78, 5) is 0. The molecule has 0 aromatic heterocycles. The van der Waals surface area contributed by atoms with Crippen molar-refractivity contribution in [2.24, 2.45) is 0 Å². The molecule has 0 N–H and O–H groups in total. The van der Waals surface area contributed by atoms with Crippen LogP contribution in [0.25, 0.3) is 0 Å². The van der Waals surface area contributed by atoms with Gasteiger partial charge in [-0.05, 0) is 0 Å². The molecule has 0 aliphatic carbocycles. The first-order valence-corrected chi connectivity index (χ1v) is 22.5. The molecule has 0 saturated carbocycles. The van der Waals surface area contributed by atoms with Crippen molar-refractivity contribution in [2.45, 2.75) is 24.7 Å². The van der Waals surface area contributed by atoms with Crippen molar-refractivity contribution in [1.82, 2.24) is 0 Å². The van der Waals surface area contributed by atoms with E-state index in [0.717, 1.165) is 48.5 Å². The molecule has 4 rings (SSSR count). The summed E-state index contributed by atoms with van der Waals surface area (Å²) in [6.07, 6.45) is -18.7. The molecule has 4 aromatic rings. The fourth-order valence-electron chi connectivity index (χ4n) is 4.21. The Balaban J connectivity index is 2.06. The number of halogens is 12. The van der Waals surface area contributed by atoms with Crippen LogP contribution in [-0.2, 0) is 24.7 Å². The van der Waals surface area contributed by atoms with Gasteiger partial charge in [0.2, 0.25) is 0 Å². The number of hydrogen-bond acceptors (Lipinski definition) is 0. The Morgan fingerprint density at radius 2 is 0.405 bits per heavy atom. The van der Waals surface area contributed by atoms with Crippen molar-refractivity contribution < 1.29 is 52.7 Å². The second-order valence-corrected chi connectivity index (χ2v) is 27.9. The molecule has 4 aromatic carbocycles. The van der Waals surface area contributed by atoms with Gasteiger partial charge in [-0.3, -0.25) is 0 Å². The van der Waals surface area contributed by atoms with Crippen LogP contribution in [-0.4, -0.2) is 23.7 Å². The quantitative estimate of drug-likeness (QED) is 0.161. The molecule has 14 heteroatoms. The van der Waals surface area contributed by atoms with Crippen molar-refractivity contribution in [3.05, 3.63) is 119 Å². The van der Waals surface area contributed by atoms with E-state index < -0.39 is 70.6 Å². The summed E-state index contributed by atoms with van der Waals surface area (Å²) >= 11 is -6.61. The minimum atomic E-state index is -4.69. The van der Waals surface area contributed by atoms with Crippen LogP contribution < -0.4 is 17.6 Å². The maximum atomic E-state index is 13.3. The van der Waals surface area contributed by atoms with Gasteiger partial charge >= 0.3 is 238 Å². The zero-order valence-electron chi connectivity index (χ0n) is 20.8. The Bertz CT molecular complexity index is 1320. The van der Waals surface area contributed by atoms with Crippen LogP contribution in [0.3, 0.4) is 0 Å². The van der Waals surface area contributed by atoms with E-state index in [-0.39, 0.29) is 0 Å². The van der Waals surface area contributed by atoms with E-state index in [1.165, 1.54) is 48.5 Å². The van der Waals surface area contributed by atoms with Crippen molar-refractivity contribution in [1.29, 1.82) is 0 Å². The molecule has 0 saturated heterocycles. The number of alkyl halides is 12. The Labute approximate surface area is 237 Å². The Kier molecular flexibility index (Phi) is 8.90. The average molecular weight is 726 g/mol. The van der Waals surface area contributed by atoms with E-state index >= 15 is 0 Å². The maximum absolute atomic E-state index is 13.3. The van der Waals surface area contributed by atoms with Gasteiger partial charge in [-0.1, -0.05) is 0 Å². The average Bonchev–Trinajstić information content (AvgIpc) is 2.90. The number of rotatable bonds is 4. The second kappa shape index (κ2) is 11.7. The van der Waals surface area contributed by atoms with E-state index in [1.54, 1.807) is 0 Å². The van der Waals surface area contributed by atoms with Crippen LogP contribution in [0, 0.1) is 0 Å². The first kappa shape index (κ1) is 32.0. The molecule has 0 spiro atoms. The first-order valence-electron chi connectivity index (χ1n) is 11.8. The van der Waals surface area contributed by atoms with E-state index in [1.807, 2.05) is 0 Å². The van der Waals surface area contributed by atoms with Gasteiger partial charge in [-0.25, -0.2) is 0 Å². The van der Waals surface area contributed by atoms with Crippen LogP contribution in [0.2, 0.25) is 0 Å². The van der Waals surface area contributed by atoms with Crippen LogP contribution >= 0.6 is 0 Å². The summed E-state index contributed by atoms with van der Waals surface area (Å²) in [6.45, 7) is 0. The standard InChI is InChI=1S/C28H16F12Ge2/c29-25(30,31)17-1-9-21(10-2-17)41(22-11-3-18(4-12-22)26(32,33)34)42(23-13-5-19(6-14-23)27(35,36)37)24-15-7-20(8-16-24)28(38,39)40/h1-16H. The molecule has 42 heavy (non-hydrogen) atoms. The van der Waals surface area contributed by atoms with Gasteiger partial charge < -0.3 is 0 Å². The Hall–Kier alpha value is -2.87. The fourth-order valence-corrected chi connectivity index (χ4v) is 32.1. The van der Waals surface area contributed by atoms with Crippen molar-refractivity contribution in [2.75, 3.05) is 0 Å². The molecule has 0 nitrogen and oxygen atoms in total. The molecule has 0 heterocycles. The van der Waals surface area contributed by atoms with Gasteiger partial charge in [0, 0.05) is 0 Å². The summed E-state index contributed by atoms with van der Waals surface area (Å²) < 4.78 is 161. The molecular formula is C28H16F12Ge2. The van der Waals surface area contributed by atoms with E-state index in [4.69, 9.17) is 0 Å². The summed E-state index contributed by atoms with van der Waals surface area (Å²) in [7, 11) is 0. The van der Waals surface area contributed by atoms with Gasteiger partial charge in [0.05, 0.1) is 0 Å². The molecule has 0 aliphatic rings. The van der Waals surface area contributed by atoms with Crippen LogP contribution in [0.1, 0.15) is 22.3 Å². The topological polar surface area (TPSA) is 0 Å². The Morgan fingerprint density at radius 3 is 0.524 bits per heavy atom. The van der Waals surface area contributed by atoms with Crippen molar-refractivity contribution >= 4 is 41.3 Å². The summed E-state index contributed by atoms with van der Waals surface area (Å²) in [5.41, 5.74) is -3.94. The number of hydrogen-bond donors (Lipinski definition) is 0. The Morgan fingerprint density at radius 1 is 0.262 bits per heavy atom. The summed E-state index contributed by atoms with van der Waals surface area (Å²) in [5.74, 6) is 0. The molecular weight excluding hydrogens is 710 g/mol. The first-order chi connectivity index (χ1) is 19.4. The molecule has 220 valence electrons. The van der Waals surface area contributed by atoms with Gasteiger partial charge in [0.1, 0.15) is 0 Å². The SMILES string of the molecule is FC(F)(F)c1cc[c]([Ge]([c]2ccc(C(F)(F)F)cc2)=[Ge]([c]2ccc(C(F)(F)F)cc2)[c]2ccc(C(F)(F)F)cc2)cc1. The van der Waals surface area contributed by atoms with Crippen molar-refractivity contribution in [3.63, 3.8) is 0 Å². The molecule has 0 amide bonds. The fraction of sp³-hybridized carbons (Fsp3) is 0.143. The molecule has 0 unspecified atom stereocenters. The molecule has 0 radical (unpaired) electrons. The van der Waals surface area contributed by atoms with Crippen LogP contribution in [0.5, 0.6) is 0 Å². The molecule has 0 atom stereocenters. The zero-order valence-corrected chi connectivity index (χ0v) is 25.0. The van der Waals surface area contributed by atoms with E-state index in [0.29, 0.717) is 17.6 Å². The normalized spacial score (nSPS) is 12.8. The monoisotopic (exact) mass is 728 g/mol. The van der Waals surface area contributed by atoms with Crippen molar-refractivity contribution in [3.8, 4) is 0 Å². The van der Waals surface area contributed by atoms with Gasteiger partial charge in [-0.2, -0.15) is 0 Å². The third-order valence-corrected chi connectivity index (χ3v) is 33.0. The van der Waals surface area contributed by atoms with Gasteiger partial charge in [0.25, 0.3) is 0 Å². The summed E-state index contributed by atoms with van der Waals surface area (Å²) in [6, 6.07) is 16.0. The van der Waals surface area contributed by atoms with Crippen LogP contribution in [0.15, 0.2) is 97.1 Å². The predicted octanol–water partition coefficient (Wildman–Crippen LogP) is 6.76.